The largest absolute Gasteiger partial charge is 0.328 e. The molecule has 0 unspecified atom stereocenters. The lowest BCUT2D eigenvalue weighted by molar-refractivity contribution is 0.629. The first kappa shape index (κ1) is 14.0. The topological polar surface area (TPSA) is 30.7 Å². The molecular formula is C16H15ClFN3. The highest BCUT2D eigenvalue weighted by molar-refractivity contribution is 6.17. The van der Waals surface area contributed by atoms with Crippen LogP contribution in [0.25, 0.3) is 11.0 Å². The molecule has 21 heavy (non-hydrogen) atoms. The van der Waals surface area contributed by atoms with Gasteiger partial charge in [-0.2, -0.15) is 0 Å². The van der Waals surface area contributed by atoms with Gasteiger partial charge < -0.3 is 4.57 Å². The number of aromatic nitrogens is 3. The molecule has 2 aromatic heterocycles. The van der Waals surface area contributed by atoms with E-state index in [1.807, 2.05) is 12.1 Å². The highest BCUT2D eigenvalue weighted by Gasteiger charge is 2.11. The molecule has 0 saturated carbocycles. The smallest absolute Gasteiger partial charge is 0.125 e. The van der Waals surface area contributed by atoms with Gasteiger partial charge in [-0.05, 0) is 36.2 Å². The molecule has 0 bridgehead atoms. The van der Waals surface area contributed by atoms with Crippen molar-refractivity contribution in [1.82, 2.24) is 14.5 Å². The average Bonchev–Trinajstić information content (AvgIpc) is 2.83. The molecule has 108 valence electrons. The normalized spacial score (nSPS) is 11.1. The second-order valence-electron chi connectivity index (χ2n) is 4.86. The molecule has 0 atom stereocenters. The van der Waals surface area contributed by atoms with Crippen LogP contribution in [0.1, 0.15) is 11.4 Å². The highest BCUT2D eigenvalue weighted by atomic mass is 35.5. The summed E-state index contributed by atoms with van der Waals surface area (Å²) < 4.78 is 15.5. The van der Waals surface area contributed by atoms with E-state index in [0.717, 1.165) is 24.3 Å². The fraction of sp³-hybridized carbons (Fsp3) is 0.250. The van der Waals surface area contributed by atoms with Crippen LogP contribution >= 0.6 is 11.6 Å². The number of halogens is 2. The molecule has 0 N–H and O–H groups in total. The predicted molar refractivity (Wildman–Crippen MR) is 82.1 cm³/mol. The number of imidazole rings is 1. The van der Waals surface area contributed by atoms with Gasteiger partial charge in [0.2, 0.25) is 0 Å². The van der Waals surface area contributed by atoms with Crippen LogP contribution in [0.5, 0.6) is 0 Å². The van der Waals surface area contributed by atoms with Crippen molar-refractivity contribution in [2.45, 2.75) is 19.4 Å². The van der Waals surface area contributed by atoms with Crippen molar-refractivity contribution < 1.29 is 4.39 Å². The maximum atomic E-state index is 13.3. The first-order valence-electron chi connectivity index (χ1n) is 6.87. The van der Waals surface area contributed by atoms with Gasteiger partial charge in [0.1, 0.15) is 11.6 Å². The summed E-state index contributed by atoms with van der Waals surface area (Å²) in [5.41, 5.74) is 2.85. The van der Waals surface area contributed by atoms with E-state index < -0.39 is 0 Å². The van der Waals surface area contributed by atoms with E-state index in [9.17, 15) is 4.39 Å². The van der Waals surface area contributed by atoms with Gasteiger partial charge in [-0.25, -0.2) is 9.37 Å². The quantitative estimate of drug-likeness (QED) is 0.674. The van der Waals surface area contributed by atoms with Crippen molar-refractivity contribution in [1.29, 1.82) is 0 Å². The Hall–Kier alpha value is -1.94. The van der Waals surface area contributed by atoms with Gasteiger partial charge in [-0.15, -0.1) is 11.6 Å². The van der Waals surface area contributed by atoms with Crippen LogP contribution in [0, 0.1) is 5.82 Å². The Kier molecular flexibility index (Phi) is 4.15. The van der Waals surface area contributed by atoms with Crippen LogP contribution in [0.15, 0.2) is 42.7 Å². The van der Waals surface area contributed by atoms with Crippen LogP contribution in [-0.4, -0.2) is 20.4 Å². The summed E-state index contributed by atoms with van der Waals surface area (Å²) in [5, 5.41) is 0. The molecule has 0 radical (unpaired) electrons. The fourth-order valence-corrected chi connectivity index (χ4v) is 2.64. The van der Waals surface area contributed by atoms with Gasteiger partial charge in [0.05, 0.1) is 11.0 Å². The number of aryl methyl sites for hydroxylation is 3. The Morgan fingerprint density at radius 1 is 1.10 bits per heavy atom. The zero-order chi connectivity index (χ0) is 14.7. The zero-order valence-corrected chi connectivity index (χ0v) is 12.2. The van der Waals surface area contributed by atoms with Crippen LogP contribution in [0.3, 0.4) is 0 Å². The van der Waals surface area contributed by atoms with E-state index in [2.05, 4.69) is 14.5 Å². The van der Waals surface area contributed by atoms with Crippen molar-refractivity contribution in [3.8, 4) is 0 Å². The van der Waals surface area contributed by atoms with Crippen molar-refractivity contribution in [3.05, 3.63) is 59.9 Å². The SMILES string of the molecule is Fc1ccc2c(c1)nc(CCCl)n2CCc1ccncc1. The molecule has 0 aliphatic carbocycles. The van der Waals surface area contributed by atoms with Gasteiger partial charge in [-0.3, -0.25) is 4.98 Å². The number of hydrogen-bond acceptors (Lipinski definition) is 2. The van der Waals surface area contributed by atoms with E-state index in [0.29, 0.717) is 17.8 Å². The molecule has 5 heteroatoms. The minimum Gasteiger partial charge on any atom is -0.328 e. The lowest BCUT2D eigenvalue weighted by Gasteiger charge is -2.08. The maximum absolute atomic E-state index is 13.3. The zero-order valence-electron chi connectivity index (χ0n) is 11.5. The molecule has 3 rings (SSSR count). The van der Waals surface area contributed by atoms with Gasteiger partial charge in [0.25, 0.3) is 0 Å². The van der Waals surface area contributed by atoms with E-state index >= 15 is 0 Å². The third-order valence-corrected chi connectivity index (χ3v) is 3.67. The molecule has 3 nitrogen and oxygen atoms in total. The van der Waals surface area contributed by atoms with Crippen LogP contribution in [0.4, 0.5) is 4.39 Å². The predicted octanol–water partition coefficient (Wildman–Crippen LogP) is 3.59. The second kappa shape index (κ2) is 6.22. The summed E-state index contributed by atoms with van der Waals surface area (Å²) in [5.74, 6) is 1.14. The Balaban J connectivity index is 1.93. The van der Waals surface area contributed by atoms with Crippen LogP contribution in [-0.2, 0) is 19.4 Å². The molecule has 0 aliphatic heterocycles. The summed E-state index contributed by atoms with van der Waals surface area (Å²) in [6, 6.07) is 8.72. The van der Waals surface area contributed by atoms with E-state index in [-0.39, 0.29) is 5.82 Å². The molecule has 0 amide bonds. The Bertz CT molecular complexity index is 740. The fourth-order valence-electron chi connectivity index (χ4n) is 2.47. The summed E-state index contributed by atoms with van der Waals surface area (Å²) >= 11 is 5.85. The maximum Gasteiger partial charge on any atom is 0.125 e. The number of alkyl halides is 1. The van der Waals surface area contributed by atoms with Gasteiger partial charge >= 0.3 is 0 Å². The number of hydrogen-bond donors (Lipinski definition) is 0. The Morgan fingerprint density at radius 2 is 1.90 bits per heavy atom. The Labute approximate surface area is 127 Å². The molecule has 0 spiro atoms. The lowest BCUT2D eigenvalue weighted by atomic mass is 10.2. The van der Waals surface area contributed by atoms with Crippen molar-refractivity contribution in [2.75, 3.05) is 5.88 Å². The summed E-state index contributed by atoms with van der Waals surface area (Å²) in [6.07, 6.45) is 5.13. The van der Waals surface area contributed by atoms with Crippen molar-refractivity contribution in [3.63, 3.8) is 0 Å². The van der Waals surface area contributed by atoms with Gasteiger partial charge in [0, 0.05) is 37.3 Å². The minimum absolute atomic E-state index is 0.265. The van der Waals surface area contributed by atoms with Crippen molar-refractivity contribution >= 4 is 22.6 Å². The first-order chi connectivity index (χ1) is 10.3. The van der Waals surface area contributed by atoms with E-state index in [4.69, 9.17) is 11.6 Å². The number of nitrogens with zero attached hydrogens (tertiary/aromatic N) is 3. The van der Waals surface area contributed by atoms with Crippen LogP contribution in [0.2, 0.25) is 0 Å². The summed E-state index contributed by atoms with van der Waals surface area (Å²) in [7, 11) is 0. The lowest BCUT2D eigenvalue weighted by Crippen LogP contribution is -2.07. The summed E-state index contributed by atoms with van der Waals surface area (Å²) in [4.78, 5) is 8.52. The van der Waals surface area contributed by atoms with Crippen molar-refractivity contribution in [2.24, 2.45) is 0 Å². The molecule has 0 fully saturated rings. The monoisotopic (exact) mass is 303 g/mol. The van der Waals surface area contributed by atoms with Gasteiger partial charge in [0.15, 0.2) is 0 Å². The molecular weight excluding hydrogens is 289 g/mol. The molecule has 0 aliphatic rings. The molecule has 0 saturated heterocycles. The molecule has 3 aromatic rings. The number of fused-ring (bicyclic) bond motifs is 1. The minimum atomic E-state index is -0.265. The standard InChI is InChI=1S/C16H15ClFN3/c17-7-3-16-20-14-11-13(18)1-2-15(14)21(16)10-6-12-4-8-19-9-5-12/h1-2,4-5,8-9,11H,3,6-7,10H2. The Morgan fingerprint density at radius 3 is 2.67 bits per heavy atom. The second-order valence-corrected chi connectivity index (χ2v) is 5.24. The number of pyridine rings is 1. The van der Waals surface area contributed by atoms with E-state index in [1.54, 1.807) is 18.5 Å². The first-order valence-corrected chi connectivity index (χ1v) is 7.41. The number of benzene rings is 1. The third-order valence-electron chi connectivity index (χ3n) is 3.48. The molecule has 1 aromatic carbocycles. The molecule has 2 heterocycles. The number of rotatable bonds is 5. The van der Waals surface area contributed by atoms with Crippen LogP contribution < -0.4 is 0 Å². The average molecular weight is 304 g/mol. The summed E-state index contributed by atoms with van der Waals surface area (Å²) in [6.45, 7) is 0.790. The van der Waals surface area contributed by atoms with E-state index in [1.165, 1.54) is 17.7 Å². The highest BCUT2D eigenvalue weighted by Crippen LogP contribution is 2.19. The third kappa shape index (κ3) is 3.05. The van der Waals surface area contributed by atoms with Gasteiger partial charge in [-0.1, -0.05) is 0 Å².